The second-order valence-corrected chi connectivity index (χ2v) is 13.8. The van der Waals surface area contributed by atoms with Crippen LogP contribution >= 0.6 is 0 Å². The van der Waals surface area contributed by atoms with E-state index in [1.807, 2.05) is 28.8 Å². The number of piperidine rings is 2. The molecular weight excluding hydrogens is 490 g/mol. The lowest BCUT2D eigenvalue weighted by molar-refractivity contribution is -0.121. The van der Waals surface area contributed by atoms with Gasteiger partial charge in [0, 0.05) is 24.2 Å². The van der Waals surface area contributed by atoms with E-state index in [0.29, 0.717) is 23.6 Å². The fourth-order valence-corrected chi connectivity index (χ4v) is 9.18. The number of benzene rings is 1. The zero-order valence-corrected chi connectivity index (χ0v) is 23.4. The molecule has 8 heteroatoms. The first-order chi connectivity index (χ1) is 18.7. The molecule has 3 saturated heterocycles. The third-order valence-electron chi connectivity index (χ3n) is 10.5. The van der Waals surface area contributed by atoms with Crippen molar-refractivity contribution in [2.45, 2.75) is 115 Å². The van der Waals surface area contributed by atoms with E-state index in [9.17, 15) is 14.4 Å². The molecule has 7 atom stereocenters. The fraction of sp³-hybridized carbons (Fsp3) is 0.677. The van der Waals surface area contributed by atoms with Crippen molar-refractivity contribution in [1.82, 2.24) is 19.8 Å². The Morgan fingerprint density at radius 3 is 2.15 bits per heavy atom. The van der Waals surface area contributed by atoms with E-state index < -0.39 is 17.5 Å². The van der Waals surface area contributed by atoms with Gasteiger partial charge in [-0.3, -0.25) is 14.5 Å². The molecule has 2 saturated carbocycles. The van der Waals surface area contributed by atoms with Gasteiger partial charge in [-0.2, -0.15) is 0 Å². The SMILES string of the molecule is C[C@@H]1C[C@@H]2C[C@H](C1)C[C@@H](N1[C@@H]3CCC[C@H]1C[C@@H](n1c(=O)c(N4C(=O)NC(C)(C)C4=O)nc4ccccc41)C3)C2. The molecule has 1 aromatic carbocycles. The van der Waals surface area contributed by atoms with E-state index in [0.717, 1.165) is 41.0 Å². The quantitative estimate of drug-likeness (QED) is 0.563. The highest BCUT2D eigenvalue weighted by atomic mass is 16.2. The number of hydrogen-bond acceptors (Lipinski definition) is 5. The predicted molar refractivity (Wildman–Crippen MR) is 151 cm³/mol. The standard InChI is InChI=1S/C31H41N5O3/c1-18-11-19-13-20(12-18)15-23(14-19)34-21-7-6-8-22(34)17-24(16-21)35-26-10-5-4-9-25(26)32-27(28(35)37)36-29(38)31(2,3)33-30(36)39/h4-5,9-10,18-24H,6-8,11-17H2,1-3H3,(H,33,39)/t18-,19-,20+,21-,22+,23+,24+. The number of para-hydroxylation sites is 2. The summed E-state index contributed by atoms with van der Waals surface area (Å²) in [6.07, 6.45) is 12.3. The van der Waals surface area contributed by atoms with E-state index in [4.69, 9.17) is 0 Å². The number of rotatable bonds is 3. The van der Waals surface area contributed by atoms with Crippen LogP contribution in [0.1, 0.15) is 91.0 Å². The average molecular weight is 532 g/mol. The smallest absolute Gasteiger partial charge is 0.323 e. The Kier molecular flexibility index (Phi) is 5.92. The van der Waals surface area contributed by atoms with Gasteiger partial charge in [0.25, 0.3) is 11.5 Å². The molecule has 1 aromatic heterocycles. The first-order valence-electron chi connectivity index (χ1n) is 15.1. The van der Waals surface area contributed by atoms with Crippen molar-refractivity contribution in [1.29, 1.82) is 0 Å². The largest absolute Gasteiger partial charge is 0.331 e. The van der Waals surface area contributed by atoms with Crippen molar-refractivity contribution >= 4 is 28.8 Å². The lowest BCUT2D eigenvalue weighted by Gasteiger charge is -2.55. The minimum absolute atomic E-state index is 0.0209. The highest BCUT2D eigenvalue weighted by molar-refractivity contribution is 6.22. The van der Waals surface area contributed by atoms with Crippen LogP contribution in [-0.2, 0) is 4.79 Å². The molecule has 5 fully saturated rings. The van der Waals surface area contributed by atoms with Crippen molar-refractivity contribution in [3.63, 3.8) is 0 Å². The first-order valence-corrected chi connectivity index (χ1v) is 15.1. The molecule has 1 N–H and O–H groups in total. The Morgan fingerprint density at radius 2 is 1.51 bits per heavy atom. The monoisotopic (exact) mass is 531 g/mol. The summed E-state index contributed by atoms with van der Waals surface area (Å²) >= 11 is 0. The van der Waals surface area contributed by atoms with Gasteiger partial charge < -0.3 is 9.88 Å². The maximum Gasteiger partial charge on any atom is 0.331 e. The first kappa shape index (κ1) is 25.2. The van der Waals surface area contributed by atoms with Crippen LogP contribution < -0.4 is 15.8 Å². The van der Waals surface area contributed by atoms with Crippen LogP contribution in [0.2, 0.25) is 0 Å². The molecule has 3 aliphatic heterocycles. The summed E-state index contributed by atoms with van der Waals surface area (Å²) in [5, 5.41) is 2.70. The predicted octanol–water partition coefficient (Wildman–Crippen LogP) is 5.00. The number of hydrogen-bond donors (Lipinski definition) is 1. The van der Waals surface area contributed by atoms with Gasteiger partial charge in [0.05, 0.1) is 11.0 Å². The number of fused-ring (bicyclic) bond motifs is 5. The number of anilines is 1. The Bertz CT molecular complexity index is 1350. The van der Waals surface area contributed by atoms with Gasteiger partial charge in [-0.25, -0.2) is 14.7 Å². The Morgan fingerprint density at radius 1 is 0.846 bits per heavy atom. The van der Waals surface area contributed by atoms with Gasteiger partial charge in [-0.15, -0.1) is 0 Å². The Hall–Kier alpha value is -2.74. The zero-order chi connectivity index (χ0) is 27.1. The van der Waals surface area contributed by atoms with Crippen LogP contribution in [0.3, 0.4) is 0 Å². The molecule has 8 nitrogen and oxygen atoms in total. The second kappa shape index (κ2) is 9.15. The third-order valence-corrected chi connectivity index (χ3v) is 10.5. The van der Waals surface area contributed by atoms with E-state index in [1.165, 1.54) is 51.4 Å². The lowest BCUT2D eigenvalue weighted by Crippen LogP contribution is -2.59. The number of imide groups is 1. The van der Waals surface area contributed by atoms with Crippen LogP contribution in [0.5, 0.6) is 0 Å². The minimum atomic E-state index is -1.07. The third kappa shape index (κ3) is 4.12. The highest BCUT2D eigenvalue weighted by Gasteiger charge is 2.49. The van der Waals surface area contributed by atoms with E-state index >= 15 is 0 Å². The Labute approximate surface area is 230 Å². The minimum Gasteiger partial charge on any atom is -0.323 e. The zero-order valence-electron chi connectivity index (χ0n) is 23.4. The van der Waals surface area contributed by atoms with Crippen molar-refractivity contribution in [2.24, 2.45) is 17.8 Å². The van der Waals surface area contributed by atoms with Crippen LogP contribution in [-0.4, -0.2) is 50.1 Å². The average Bonchev–Trinajstić information content (AvgIpc) is 3.08. The summed E-state index contributed by atoms with van der Waals surface area (Å²) in [6, 6.07) is 8.71. The van der Waals surface area contributed by atoms with Gasteiger partial charge in [0.2, 0.25) is 5.82 Å². The Balaban J connectivity index is 1.24. The molecule has 5 aliphatic rings. The van der Waals surface area contributed by atoms with Crippen molar-refractivity contribution in [3.8, 4) is 0 Å². The van der Waals surface area contributed by atoms with Gasteiger partial charge in [-0.05, 0) is 102 Å². The molecule has 2 aliphatic carbocycles. The van der Waals surface area contributed by atoms with E-state index in [1.54, 1.807) is 13.8 Å². The van der Waals surface area contributed by atoms with Crippen LogP contribution in [0, 0.1) is 17.8 Å². The molecule has 0 unspecified atom stereocenters. The number of amides is 3. The molecule has 0 spiro atoms. The maximum atomic E-state index is 14.2. The van der Waals surface area contributed by atoms with Gasteiger partial charge in [0.1, 0.15) is 5.54 Å². The number of carbonyl (C=O) groups is 2. The van der Waals surface area contributed by atoms with Crippen molar-refractivity contribution < 1.29 is 9.59 Å². The number of carbonyl (C=O) groups excluding carboxylic acids is 2. The highest BCUT2D eigenvalue weighted by Crippen LogP contribution is 2.48. The fourth-order valence-electron chi connectivity index (χ4n) is 9.18. The summed E-state index contributed by atoms with van der Waals surface area (Å²) < 4.78 is 1.88. The summed E-state index contributed by atoms with van der Waals surface area (Å²) in [5.41, 5.74) is 0.0160. The second-order valence-electron chi connectivity index (χ2n) is 13.8. The normalized spacial score (nSPS) is 36.3. The molecule has 3 amide bonds. The molecule has 4 heterocycles. The topological polar surface area (TPSA) is 87.5 Å². The van der Waals surface area contributed by atoms with Gasteiger partial charge in [-0.1, -0.05) is 25.5 Å². The molecule has 7 rings (SSSR count). The van der Waals surface area contributed by atoms with Crippen LogP contribution in [0.25, 0.3) is 11.0 Å². The van der Waals surface area contributed by atoms with Crippen LogP contribution in [0.15, 0.2) is 29.1 Å². The summed E-state index contributed by atoms with van der Waals surface area (Å²) in [7, 11) is 0. The van der Waals surface area contributed by atoms with E-state index in [-0.39, 0.29) is 17.4 Å². The van der Waals surface area contributed by atoms with E-state index in [2.05, 4.69) is 22.1 Å². The molecular formula is C31H41N5O3. The van der Waals surface area contributed by atoms with Gasteiger partial charge >= 0.3 is 6.03 Å². The molecule has 0 radical (unpaired) electrons. The summed E-state index contributed by atoms with van der Waals surface area (Å²) in [6.45, 7) is 5.75. The maximum absolute atomic E-state index is 14.2. The van der Waals surface area contributed by atoms with Crippen LogP contribution in [0.4, 0.5) is 10.6 Å². The summed E-state index contributed by atoms with van der Waals surface area (Å²) in [4.78, 5) is 48.6. The summed E-state index contributed by atoms with van der Waals surface area (Å²) in [5.74, 6) is 2.10. The molecule has 39 heavy (non-hydrogen) atoms. The molecule has 208 valence electrons. The number of aromatic nitrogens is 2. The van der Waals surface area contributed by atoms with Crippen molar-refractivity contribution in [2.75, 3.05) is 4.90 Å². The lowest BCUT2D eigenvalue weighted by atomic mass is 9.65. The number of nitrogens with one attached hydrogen (secondary N) is 1. The van der Waals surface area contributed by atoms with Crippen molar-refractivity contribution in [3.05, 3.63) is 34.6 Å². The van der Waals surface area contributed by atoms with Gasteiger partial charge in [0.15, 0.2) is 0 Å². The number of nitrogens with zero attached hydrogens (tertiary/aromatic N) is 4. The number of urea groups is 1. The molecule has 4 bridgehead atoms. The molecule has 2 aromatic rings.